The number of hydrogen-bond acceptors (Lipinski definition) is 2. The van der Waals surface area contributed by atoms with E-state index in [0.717, 1.165) is 17.7 Å². The third kappa shape index (κ3) is 1.48. The minimum Gasteiger partial charge on any atom is -0.253 e. The molecular weight excluding hydrogens is 230 g/mol. The van der Waals surface area contributed by atoms with Crippen molar-refractivity contribution >= 4 is 10.8 Å². The normalized spacial score (nSPS) is 35.7. The van der Waals surface area contributed by atoms with Gasteiger partial charge in [-0.05, 0) is 30.9 Å². The van der Waals surface area contributed by atoms with Crippen LogP contribution in [0.4, 0.5) is 0 Å². The van der Waals surface area contributed by atoms with Crippen LogP contribution >= 0.6 is 0 Å². The van der Waals surface area contributed by atoms with E-state index < -0.39 is 15.5 Å². The molecule has 1 aromatic rings. The summed E-state index contributed by atoms with van der Waals surface area (Å²) in [5, 5.41) is 9.49. The summed E-state index contributed by atoms with van der Waals surface area (Å²) in [7, 11) is -1.23. The summed E-state index contributed by atoms with van der Waals surface area (Å²) < 4.78 is 12.0. The first kappa shape index (κ1) is 10.7. The molecule has 4 atom stereocenters. The lowest BCUT2D eigenvalue weighted by molar-refractivity contribution is 0.573. The van der Waals surface area contributed by atoms with Crippen LogP contribution in [0.1, 0.15) is 12.8 Å². The van der Waals surface area contributed by atoms with E-state index in [1.54, 1.807) is 0 Å². The molecule has 3 rings (SSSR count). The zero-order valence-electron chi connectivity index (χ0n) is 9.37. The second-order valence-electron chi connectivity index (χ2n) is 4.77. The lowest BCUT2D eigenvalue weighted by atomic mass is 9.94. The van der Waals surface area contributed by atoms with Gasteiger partial charge in [0.2, 0.25) is 0 Å². The van der Waals surface area contributed by atoms with Crippen molar-refractivity contribution < 1.29 is 4.21 Å². The number of nitrogens with zero attached hydrogens (tertiary/aromatic N) is 1. The summed E-state index contributed by atoms with van der Waals surface area (Å²) in [4.78, 5) is 0.773. The molecular formula is C14H13NOS. The van der Waals surface area contributed by atoms with Crippen LogP contribution in [0.5, 0.6) is 0 Å². The van der Waals surface area contributed by atoms with E-state index in [9.17, 15) is 9.47 Å². The predicted molar refractivity (Wildman–Crippen MR) is 66.5 cm³/mol. The van der Waals surface area contributed by atoms with Gasteiger partial charge in [-0.25, -0.2) is 0 Å². The maximum atomic E-state index is 12.6. The molecule has 2 aliphatic carbocycles. The summed E-state index contributed by atoms with van der Waals surface area (Å²) in [6.45, 7) is 0. The Hall–Kier alpha value is -1.40. The fourth-order valence-corrected chi connectivity index (χ4v) is 4.67. The van der Waals surface area contributed by atoms with Gasteiger partial charge in [-0.2, -0.15) is 5.26 Å². The van der Waals surface area contributed by atoms with E-state index in [1.807, 2.05) is 30.3 Å². The van der Waals surface area contributed by atoms with Gasteiger partial charge in [0.1, 0.15) is 4.75 Å². The first-order valence-electron chi connectivity index (χ1n) is 5.83. The topological polar surface area (TPSA) is 40.9 Å². The number of allylic oxidation sites excluding steroid dienone is 2. The Morgan fingerprint density at radius 1 is 1.29 bits per heavy atom. The highest BCUT2D eigenvalue weighted by Crippen LogP contribution is 2.50. The highest BCUT2D eigenvalue weighted by atomic mass is 32.2. The SMILES string of the molecule is N#C[C@@]1(S(=O)c2ccccc2)C[C@H]2C=C[C@@H]1C2. The number of benzene rings is 1. The van der Waals surface area contributed by atoms with Gasteiger partial charge in [0, 0.05) is 10.8 Å². The minimum atomic E-state index is -1.23. The molecule has 1 fully saturated rings. The van der Waals surface area contributed by atoms with Gasteiger partial charge in [-0.3, -0.25) is 4.21 Å². The number of rotatable bonds is 2. The molecule has 3 heteroatoms. The Morgan fingerprint density at radius 3 is 2.59 bits per heavy atom. The summed E-state index contributed by atoms with van der Waals surface area (Å²) in [6.07, 6.45) is 5.99. The summed E-state index contributed by atoms with van der Waals surface area (Å²) in [5.74, 6) is 0.617. The third-order valence-corrected chi connectivity index (χ3v) is 5.74. The monoisotopic (exact) mass is 243 g/mol. The molecule has 1 unspecified atom stereocenters. The van der Waals surface area contributed by atoms with Gasteiger partial charge < -0.3 is 0 Å². The van der Waals surface area contributed by atoms with E-state index in [4.69, 9.17) is 0 Å². The standard InChI is InChI=1S/C14H13NOS/c15-10-14(9-11-6-7-12(14)8-11)17(16)13-4-2-1-3-5-13/h1-7,11-12H,8-9H2/t11-,12+,14-,17?/m0/s1. The first-order chi connectivity index (χ1) is 8.26. The zero-order chi connectivity index (χ0) is 11.9. The molecule has 86 valence electrons. The Bertz CT molecular complexity index is 531. The van der Waals surface area contributed by atoms with E-state index >= 15 is 0 Å². The van der Waals surface area contributed by atoms with Crippen molar-refractivity contribution in [3.8, 4) is 6.07 Å². The number of nitriles is 1. The van der Waals surface area contributed by atoms with Crippen molar-refractivity contribution in [1.29, 1.82) is 5.26 Å². The summed E-state index contributed by atoms with van der Waals surface area (Å²) in [6, 6.07) is 11.7. The van der Waals surface area contributed by atoms with E-state index in [0.29, 0.717) is 5.92 Å². The Kier molecular flexibility index (Phi) is 2.41. The molecule has 0 spiro atoms. The maximum absolute atomic E-state index is 12.6. The number of fused-ring (bicyclic) bond motifs is 2. The van der Waals surface area contributed by atoms with Crippen LogP contribution in [0.3, 0.4) is 0 Å². The van der Waals surface area contributed by atoms with Crippen LogP contribution in [0.2, 0.25) is 0 Å². The van der Waals surface area contributed by atoms with Gasteiger partial charge in [-0.1, -0.05) is 30.4 Å². The average molecular weight is 243 g/mol. The Labute approximate surface area is 103 Å². The molecule has 0 N–H and O–H groups in total. The van der Waals surface area contributed by atoms with E-state index in [1.165, 1.54) is 0 Å². The molecule has 0 radical (unpaired) electrons. The van der Waals surface area contributed by atoms with Crippen molar-refractivity contribution in [2.45, 2.75) is 22.5 Å². The fourth-order valence-electron chi connectivity index (χ4n) is 2.95. The lowest BCUT2D eigenvalue weighted by Gasteiger charge is -2.27. The fraction of sp³-hybridized carbons (Fsp3) is 0.357. The molecule has 0 saturated heterocycles. The maximum Gasteiger partial charge on any atom is 0.143 e. The van der Waals surface area contributed by atoms with Crippen LogP contribution in [0.15, 0.2) is 47.4 Å². The third-order valence-electron chi connectivity index (χ3n) is 3.81. The van der Waals surface area contributed by atoms with Gasteiger partial charge in [0.15, 0.2) is 0 Å². The molecule has 17 heavy (non-hydrogen) atoms. The molecule has 2 bridgehead atoms. The van der Waals surface area contributed by atoms with E-state index in [-0.39, 0.29) is 5.92 Å². The molecule has 0 aliphatic heterocycles. The second-order valence-corrected chi connectivity index (χ2v) is 6.51. The quantitative estimate of drug-likeness (QED) is 0.749. The van der Waals surface area contributed by atoms with Crippen LogP contribution < -0.4 is 0 Å². The van der Waals surface area contributed by atoms with Gasteiger partial charge >= 0.3 is 0 Å². The van der Waals surface area contributed by atoms with Crippen molar-refractivity contribution in [2.24, 2.45) is 11.8 Å². The van der Waals surface area contributed by atoms with Gasteiger partial charge in [0.25, 0.3) is 0 Å². The zero-order valence-corrected chi connectivity index (χ0v) is 10.2. The largest absolute Gasteiger partial charge is 0.253 e. The second kappa shape index (κ2) is 3.82. The Morgan fingerprint density at radius 2 is 2.06 bits per heavy atom. The van der Waals surface area contributed by atoms with Crippen LogP contribution in [-0.4, -0.2) is 8.96 Å². The molecule has 2 nitrogen and oxygen atoms in total. The highest BCUT2D eigenvalue weighted by molar-refractivity contribution is 7.86. The van der Waals surface area contributed by atoms with Crippen LogP contribution in [-0.2, 0) is 10.8 Å². The van der Waals surface area contributed by atoms with Crippen LogP contribution in [0, 0.1) is 23.2 Å². The van der Waals surface area contributed by atoms with Crippen molar-refractivity contribution in [3.63, 3.8) is 0 Å². The van der Waals surface area contributed by atoms with Crippen molar-refractivity contribution in [1.82, 2.24) is 0 Å². The molecule has 0 amide bonds. The van der Waals surface area contributed by atoms with Gasteiger partial charge in [-0.15, -0.1) is 0 Å². The minimum absolute atomic E-state index is 0.165. The molecule has 1 saturated carbocycles. The molecule has 0 aromatic heterocycles. The van der Waals surface area contributed by atoms with Crippen LogP contribution in [0.25, 0.3) is 0 Å². The molecule has 0 heterocycles. The number of hydrogen-bond donors (Lipinski definition) is 0. The average Bonchev–Trinajstić information content (AvgIpc) is 2.99. The van der Waals surface area contributed by atoms with Gasteiger partial charge in [0.05, 0.1) is 16.9 Å². The predicted octanol–water partition coefficient (Wildman–Crippen LogP) is 2.65. The molecule has 2 aliphatic rings. The Balaban J connectivity index is 2.01. The summed E-state index contributed by atoms with van der Waals surface area (Å²) >= 11 is 0. The van der Waals surface area contributed by atoms with Crippen molar-refractivity contribution in [2.75, 3.05) is 0 Å². The summed E-state index contributed by atoms with van der Waals surface area (Å²) in [5.41, 5.74) is 0. The van der Waals surface area contributed by atoms with E-state index in [2.05, 4.69) is 18.2 Å². The lowest BCUT2D eigenvalue weighted by Crippen LogP contribution is -2.37. The molecule has 1 aromatic carbocycles. The smallest absolute Gasteiger partial charge is 0.143 e. The van der Waals surface area contributed by atoms with Crippen molar-refractivity contribution in [3.05, 3.63) is 42.5 Å². The first-order valence-corrected chi connectivity index (χ1v) is 6.98. The highest BCUT2D eigenvalue weighted by Gasteiger charge is 2.53.